The maximum atomic E-state index is 12.9. The van der Waals surface area contributed by atoms with Crippen LogP contribution in [0, 0.1) is 0 Å². The summed E-state index contributed by atoms with van der Waals surface area (Å²) in [6, 6.07) is 0. The van der Waals surface area contributed by atoms with Gasteiger partial charge in [0.2, 0.25) is 0 Å². The molecule has 0 N–H and O–H groups in total. The molecule has 0 radical (unpaired) electrons. The molecule has 0 fully saturated rings. The van der Waals surface area contributed by atoms with Crippen LogP contribution in [0.15, 0.2) is 36.5 Å². The molecule has 0 aliphatic rings. The summed E-state index contributed by atoms with van der Waals surface area (Å²) in [5.41, 5.74) is 0. The predicted molar refractivity (Wildman–Crippen MR) is 288 cm³/mol. The largest absolute Gasteiger partial charge is 0.462 e. The van der Waals surface area contributed by atoms with E-state index >= 15 is 0 Å². The number of hydrogen-bond acceptors (Lipinski definition) is 5. The second-order valence-electron chi connectivity index (χ2n) is 19.9. The first-order valence-corrected chi connectivity index (χ1v) is 29.5. The third-order valence-corrected chi connectivity index (χ3v) is 13.1. The fourth-order valence-corrected chi connectivity index (χ4v) is 8.71. The molecule has 0 aliphatic carbocycles. The molecule has 0 spiro atoms. The maximum absolute atomic E-state index is 12.9. The molecule has 0 saturated carbocycles. The van der Waals surface area contributed by atoms with Crippen molar-refractivity contribution < 1.29 is 23.8 Å². The highest BCUT2D eigenvalue weighted by molar-refractivity contribution is 5.70. The molecular weight excluding hydrogens is 813 g/mol. The molecule has 0 aliphatic heterocycles. The molecule has 0 rings (SSSR count). The standard InChI is InChI=1S/C61H114O5/c1-4-7-10-13-16-19-22-25-28-30-32-35-38-41-44-47-50-53-56-64-57-59(66-61(63)55-52-49-46-43-40-37-33-27-24-21-18-15-12-9-6-3)58-65-60(62)54-51-48-45-42-39-36-34-31-29-26-23-20-17-14-11-8-5-2/h17,20,25-26,28-29,59H,4-16,18-19,21-24,27,30-58H2,1-3H3/b20-17-,28-25-,29-26-. The fourth-order valence-electron chi connectivity index (χ4n) is 8.71. The van der Waals surface area contributed by atoms with Crippen LogP contribution in [0.25, 0.3) is 0 Å². The first kappa shape index (κ1) is 64.1. The summed E-state index contributed by atoms with van der Waals surface area (Å²) in [5, 5.41) is 0. The van der Waals surface area contributed by atoms with Gasteiger partial charge in [-0.1, -0.05) is 263 Å². The summed E-state index contributed by atoms with van der Waals surface area (Å²) in [5.74, 6) is -0.388. The Balaban J connectivity index is 4.24. The smallest absolute Gasteiger partial charge is 0.306 e. The summed E-state index contributed by atoms with van der Waals surface area (Å²) < 4.78 is 17.5. The van der Waals surface area contributed by atoms with Crippen LogP contribution >= 0.6 is 0 Å². The van der Waals surface area contributed by atoms with Gasteiger partial charge < -0.3 is 14.2 Å². The number of esters is 2. The zero-order valence-electron chi connectivity index (χ0n) is 44.7. The highest BCUT2D eigenvalue weighted by atomic mass is 16.6. The lowest BCUT2D eigenvalue weighted by Crippen LogP contribution is -2.30. The van der Waals surface area contributed by atoms with Crippen molar-refractivity contribution >= 4 is 11.9 Å². The quantitative estimate of drug-likeness (QED) is 0.0345. The summed E-state index contributed by atoms with van der Waals surface area (Å²) in [4.78, 5) is 25.5. The molecule has 0 saturated heterocycles. The minimum absolute atomic E-state index is 0.0854. The highest BCUT2D eigenvalue weighted by Crippen LogP contribution is 2.16. The Kier molecular flexibility index (Phi) is 55.8. The number of rotatable bonds is 55. The third-order valence-electron chi connectivity index (χ3n) is 13.1. The van der Waals surface area contributed by atoms with E-state index in [1.165, 1.54) is 231 Å². The summed E-state index contributed by atoms with van der Waals surface area (Å²) in [7, 11) is 0. The van der Waals surface area contributed by atoms with Gasteiger partial charge in [-0.15, -0.1) is 0 Å². The Labute approximate surface area is 412 Å². The highest BCUT2D eigenvalue weighted by Gasteiger charge is 2.17. The molecule has 0 bridgehead atoms. The van der Waals surface area contributed by atoms with Gasteiger partial charge in [0.05, 0.1) is 6.61 Å². The zero-order chi connectivity index (χ0) is 47.7. The first-order valence-electron chi connectivity index (χ1n) is 29.5. The second kappa shape index (κ2) is 57.4. The number of ether oxygens (including phenoxy) is 3. The van der Waals surface area contributed by atoms with E-state index in [2.05, 4.69) is 57.2 Å². The van der Waals surface area contributed by atoms with Gasteiger partial charge in [-0.05, 0) is 77.0 Å². The number of carbonyl (C=O) groups excluding carboxylic acids is 2. The molecule has 1 atom stereocenters. The topological polar surface area (TPSA) is 61.8 Å². The maximum Gasteiger partial charge on any atom is 0.306 e. The molecular formula is C61H114O5. The molecule has 0 aromatic heterocycles. The number of unbranched alkanes of at least 4 members (excludes halogenated alkanes) is 38. The summed E-state index contributed by atoms with van der Waals surface area (Å²) in [6.07, 6.45) is 70.2. The molecule has 0 aromatic carbocycles. The van der Waals surface area contributed by atoms with E-state index in [0.29, 0.717) is 19.4 Å². The predicted octanol–water partition coefficient (Wildman–Crippen LogP) is 20.1. The average molecular weight is 928 g/mol. The van der Waals surface area contributed by atoms with E-state index in [1.807, 2.05) is 0 Å². The Morgan fingerprint density at radius 2 is 0.636 bits per heavy atom. The lowest BCUT2D eigenvalue weighted by Gasteiger charge is -2.18. The number of hydrogen-bond donors (Lipinski definition) is 0. The molecule has 5 heteroatoms. The van der Waals surface area contributed by atoms with E-state index in [-0.39, 0.29) is 25.2 Å². The SMILES string of the molecule is CCCCC/C=C\C/C=C\CCCCCCCCCC(=O)OCC(COCCCCCCCCCC/C=C\CCCCCCCC)OC(=O)CCCCCCCCCCCCCCCCC. The van der Waals surface area contributed by atoms with Crippen molar-refractivity contribution in [3.05, 3.63) is 36.5 Å². The molecule has 0 amide bonds. The summed E-state index contributed by atoms with van der Waals surface area (Å²) in [6.45, 7) is 7.85. The lowest BCUT2D eigenvalue weighted by atomic mass is 10.0. The Bertz CT molecular complexity index is 1050. The summed E-state index contributed by atoms with van der Waals surface area (Å²) >= 11 is 0. The minimum Gasteiger partial charge on any atom is -0.462 e. The van der Waals surface area contributed by atoms with Crippen LogP contribution in [0.4, 0.5) is 0 Å². The van der Waals surface area contributed by atoms with Crippen LogP contribution in [0.2, 0.25) is 0 Å². The third kappa shape index (κ3) is 54.7. The van der Waals surface area contributed by atoms with Gasteiger partial charge in [0.15, 0.2) is 6.10 Å². The molecule has 66 heavy (non-hydrogen) atoms. The van der Waals surface area contributed by atoms with E-state index in [9.17, 15) is 9.59 Å². The van der Waals surface area contributed by atoms with Crippen molar-refractivity contribution in [1.82, 2.24) is 0 Å². The van der Waals surface area contributed by atoms with Crippen molar-refractivity contribution in [2.24, 2.45) is 0 Å². The van der Waals surface area contributed by atoms with Gasteiger partial charge >= 0.3 is 11.9 Å². The average Bonchev–Trinajstić information content (AvgIpc) is 3.32. The van der Waals surface area contributed by atoms with E-state index < -0.39 is 6.10 Å². The van der Waals surface area contributed by atoms with Crippen LogP contribution < -0.4 is 0 Å². The molecule has 1 unspecified atom stereocenters. The van der Waals surface area contributed by atoms with Crippen LogP contribution in [0.5, 0.6) is 0 Å². The molecule has 5 nitrogen and oxygen atoms in total. The fraction of sp³-hybridized carbons (Fsp3) is 0.869. The van der Waals surface area contributed by atoms with Crippen molar-refractivity contribution in [2.45, 2.75) is 322 Å². The van der Waals surface area contributed by atoms with Crippen LogP contribution in [-0.2, 0) is 23.8 Å². The monoisotopic (exact) mass is 927 g/mol. The normalized spacial score (nSPS) is 12.3. The van der Waals surface area contributed by atoms with Crippen LogP contribution in [0.3, 0.4) is 0 Å². The van der Waals surface area contributed by atoms with Crippen LogP contribution in [0.1, 0.15) is 316 Å². The van der Waals surface area contributed by atoms with Gasteiger partial charge in [0.25, 0.3) is 0 Å². The van der Waals surface area contributed by atoms with E-state index in [4.69, 9.17) is 14.2 Å². The Morgan fingerprint density at radius 1 is 0.333 bits per heavy atom. The minimum atomic E-state index is -0.537. The first-order chi connectivity index (χ1) is 32.6. The molecule has 388 valence electrons. The second-order valence-corrected chi connectivity index (χ2v) is 19.9. The number of carbonyl (C=O) groups is 2. The van der Waals surface area contributed by atoms with Crippen molar-refractivity contribution in [3.8, 4) is 0 Å². The van der Waals surface area contributed by atoms with Gasteiger partial charge in [-0.2, -0.15) is 0 Å². The van der Waals surface area contributed by atoms with Gasteiger partial charge in [-0.25, -0.2) is 0 Å². The van der Waals surface area contributed by atoms with E-state index in [1.54, 1.807) is 0 Å². The van der Waals surface area contributed by atoms with Gasteiger partial charge in [-0.3, -0.25) is 9.59 Å². The van der Waals surface area contributed by atoms with E-state index in [0.717, 1.165) is 51.4 Å². The van der Waals surface area contributed by atoms with Crippen molar-refractivity contribution in [2.75, 3.05) is 19.8 Å². The van der Waals surface area contributed by atoms with Gasteiger partial charge in [0.1, 0.15) is 6.61 Å². The molecule has 0 aromatic rings. The lowest BCUT2D eigenvalue weighted by molar-refractivity contribution is -0.163. The Morgan fingerprint density at radius 3 is 1.05 bits per heavy atom. The van der Waals surface area contributed by atoms with Crippen LogP contribution in [-0.4, -0.2) is 37.9 Å². The van der Waals surface area contributed by atoms with Gasteiger partial charge in [0, 0.05) is 19.4 Å². The zero-order valence-corrected chi connectivity index (χ0v) is 44.7. The van der Waals surface area contributed by atoms with Crippen molar-refractivity contribution in [1.29, 1.82) is 0 Å². The number of allylic oxidation sites excluding steroid dienone is 6. The Hall–Kier alpha value is -1.88. The molecule has 0 heterocycles. The van der Waals surface area contributed by atoms with Crippen molar-refractivity contribution in [3.63, 3.8) is 0 Å².